The lowest BCUT2D eigenvalue weighted by Gasteiger charge is -2.32. The maximum atomic E-state index is 13.7. The van der Waals surface area contributed by atoms with E-state index >= 15 is 0 Å². The van der Waals surface area contributed by atoms with Gasteiger partial charge in [0.15, 0.2) is 11.2 Å². The molecule has 0 unspecified atom stereocenters. The Morgan fingerprint density at radius 3 is 2.64 bits per heavy atom. The number of benzene rings is 2. The van der Waals surface area contributed by atoms with E-state index in [-0.39, 0.29) is 17.1 Å². The van der Waals surface area contributed by atoms with E-state index in [9.17, 15) is 14.4 Å². The molecule has 1 aromatic heterocycles. The van der Waals surface area contributed by atoms with Gasteiger partial charge in [0.1, 0.15) is 17.8 Å². The predicted octanol–water partition coefficient (Wildman–Crippen LogP) is 4.33. The fourth-order valence-corrected chi connectivity index (χ4v) is 4.83. The van der Waals surface area contributed by atoms with E-state index in [0.717, 1.165) is 16.9 Å². The van der Waals surface area contributed by atoms with Crippen LogP contribution in [-0.2, 0) is 14.3 Å². The summed E-state index contributed by atoms with van der Waals surface area (Å²) in [6, 6.07) is 12.2. The lowest BCUT2D eigenvalue weighted by Crippen LogP contribution is -2.40. The van der Waals surface area contributed by atoms with Crippen molar-refractivity contribution in [1.82, 2.24) is 0 Å². The minimum Gasteiger partial charge on any atom is -0.468 e. The highest BCUT2D eigenvalue weighted by Crippen LogP contribution is 2.43. The summed E-state index contributed by atoms with van der Waals surface area (Å²) < 4.78 is 10.7. The van der Waals surface area contributed by atoms with Gasteiger partial charge >= 0.3 is 5.97 Å². The molecule has 3 aromatic rings. The number of anilines is 2. The normalized spacial score (nSPS) is 22.0. The third kappa shape index (κ3) is 3.40. The van der Waals surface area contributed by atoms with Crippen LogP contribution in [-0.4, -0.2) is 18.9 Å². The average Bonchev–Trinajstić information content (AvgIpc) is 2.96. The van der Waals surface area contributed by atoms with Gasteiger partial charge in [0.25, 0.3) is 0 Å². The van der Waals surface area contributed by atoms with Crippen LogP contribution in [0.2, 0.25) is 0 Å². The zero-order valence-corrected chi connectivity index (χ0v) is 18.6. The smallest absolute Gasteiger partial charge is 0.316 e. The Balaban J connectivity index is 1.74. The number of carbonyl (C=O) groups excluding carboxylic acids is 2. The second kappa shape index (κ2) is 7.92. The first-order chi connectivity index (χ1) is 15.9. The van der Waals surface area contributed by atoms with E-state index in [4.69, 9.17) is 9.15 Å². The molecule has 3 atom stereocenters. The molecule has 0 fully saturated rings. The Morgan fingerprint density at radius 2 is 1.88 bits per heavy atom. The highest BCUT2D eigenvalue weighted by molar-refractivity contribution is 6.11. The zero-order chi connectivity index (χ0) is 23.3. The van der Waals surface area contributed by atoms with Crippen molar-refractivity contribution < 1.29 is 18.7 Å². The molecular formula is C26H24N2O5. The van der Waals surface area contributed by atoms with Crippen LogP contribution in [0.15, 0.2) is 69.2 Å². The minimum atomic E-state index is -0.934. The van der Waals surface area contributed by atoms with E-state index in [1.165, 1.54) is 13.4 Å². The number of allylic oxidation sites excluding steroid dienone is 1. The molecule has 7 nitrogen and oxygen atoms in total. The molecule has 0 amide bonds. The zero-order valence-electron chi connectivity index (χ0n) is 18.6. The van der Waals surface area contributed by atoms with Crippen LogP contribution in [0.1, 0.15) is 30.5 Å². The SMILES string of the molecule is COC(=O)[C@@H]1C(=O)C2=C(C[C@H]1C)Nc1ccccc1N[C@@H]2c1coc2ccc(C)cc2c1=O. The fourth-order valence-electron chi connectivity index (χ4n) is 4.83. The molecule has 168 valence electrons. The quantitative estimate of drug-likeness (QED) is 0.448. The summed E-state index contributed by atoms with van der Waals surface area (Å²) in [4.78, 5) is 39.8. The van der Waals surface area contributed by atoms with Crippen LogP contribution in [0, 0.1) is 18.8 Å². The lowest BCUT2D eigenvalue weighted by atomic mass is 9.75. The summed E-state index contributed by atoms with van der Waals surface area (Å²) >= 11 is 0. The average molecular weight is 444 g/mol. The number of esters is 1. The molecule has 2 N–H and O–H groups in total. The van der Waals surface area contributed by atoms with Crippen LogP contribution in [0.25, 0.3) is 11.0 Å². The number of fused-ring (bicyclic) bond motifs is 2. The number of para-hydroxylation sites is 2. The molecule has 1 aliphatic carbocycles. The maximum absolute atomic E-state index is 13.7. The van der Waals surface area contributed by atoms with Crippen molar-refractivity contribution in [3.8, 4) is 0 Å². The predicted molar refractivity (Wildman–Crippen MR) is 125 cm³/mol. The van der Waals surface area contributed by atoms with Gasteiger partial charge in [-0.15, -0.1) is 0 Å². The summed E-state index contributed by atoms with van der Waals surface area (Å²) in [6.45, 7) is 3.76. The van der Waals surface area contributed by atoms with Crippen molar-refractivity contribution in [1.29, 1.82) is 0 Å². The molecule has 5 rings (SSSR count). The van der Waals surface area contributed by atoms with Gasteiger partial charge in [0.05, 0.1) is 35.5 Å². The third-order valence-corrected chi connectivity index (χ3v) is 6.49. The highest BCUT2D eigenvalue weighted by Gasteiger charge is 2.45. The fraction of sp³-hybridized carbons (Fsp3) is 0.269. The standard InChI is InChI=1S/C26H24N2O5/c1-13-8-9-20-15(10-13)24(29)16(12-33-20)23-22-19(27-17-6-4-5-7-18(17)28-23)11-14(2)21(25(22)30)26(31)32-3/h4-10,12,14,21,23,27-28H,11H2,1-3H3/t14-,21+,23-/m1/s1. The van der Waals surface area contributed by atoms with Gasteiger partial charge in [-0.2, -0.15) is 0 Å². The maximum Gasteiger partial charge on any atom is 0.316 e. The second-order valence-corrected chi connectivity index (χ2v) is 8.71. The Hall–Kier alpha value is -3.87. The summed E-state index contributed by atoms with van der Waals surface area (Å²) in [7, 11) is 1.28. The van der Waals surface area contributed by atoms with E-state index in [1.54, 1.807) is 12.1 Å². The molecule has 0 saturated carbocycles. The molecule has 2 aliphatic rings. The first-order valence-electron chi connectivity index (χ1n) is 10.9. The summed E-state index contributed by atoms with van der Waals surface area (Å²) in [5.41, 5.74) is 4.10. The van der Waals surface area contributed by atoms with Gasteiger partial charge in [0, 0.05) is 11.3 Å². The van der Waals surface area contributed by atoms with Crippen molar-refractivity contribution >= 4 is 34.1 Å². The number of hydrogen-bond donors (Lipinski definition) is 2. The topological polar surface area (TPSA) is 97.6 Å². The van der Waals surface area contributed by atoms with E-state index in [2.05, 4.69) is 10.6 Å². The van der Waals surface area contributed by atoms with Gasteiger partial charge in [-0.1, -0.05) is 30.7 Å². The first kappa shape index (κ1) is 21.0. The van der Waals surface area contributed by atoms with Crippen LogP contribution in [0.3, 0.4) is 0 Å². The number of Topliss-reactive ketones (excluding diaryl/α,β-unsaturated/α-hetero) is 1. The number of nitrogens with one attached hydrogen (secondary N) is 2. The van der Waals surface area contributed by atoms with E-state index < -0.39 is 17.9 Å². The monoisotopic (exact) mass is 444 g/mol. The van der Waals surface area contributed by atoms with Crippen molar-refractivity contribution in [2.75, 3.05) is 17.7 Å². The van der Waals surface area contributed by atoms with Gasteiger partial charge in [0.2, 0.25) is 0 Å². The molecule has 2 heterocycles. The molecule has 0 bridgehead atoms. The highest BCUT2D eigenvalue weighted by atomic mass is 16.5. The van der Waals surface area contributed by atoms with E-state index in [1.807, 2.05) is 44.2 Å². The van der Waals surface area contributed by atoms with Gasteiger partial charge in [-0.25, -0.2) is 0 Å². The Labute approximate surface area is 190 Å². The molecule has 2 aromatic carbocycles. The summed E-state index contributed by atoms with van der Waals surface area (Å²) in [6.07, 6.45) is 1.88. The van der Waals surface area contributed by atoms with Gasteiger partial charge < -0.3 is 19.8 Å². The largest absolute Gasteiger partial charge is 0.468 e. The molecule has 33 heavy (non-hydrogen) atoms. The number of aryl methyl sites for hydroxylation is 1. The van der Waals surface area contributed by atoms with Crippen LogP contribution >= 0.6 is 0 Å². The number of hydrogen-bond acceptors (Lipinski definition) is 7. The van der Waals surface area contributed by atoms with Gasteiger partial charge in [-0.3, -0.25) is 14.4 Å². The van der Waals surface area contributed by atoms with Crippen LogP contribution < -0.4 is 16.1 Å². The third-order valence-electron chi connectivity index (χ3n) is 6.49. The van der Waals surface area contributed by atoms with E-state index in [0.29, 0.717) is 34.2 Å². The summed E-state index contributed by atoms with van der Waals surface area (Å²) in [5.74, 6) is -2.11. The van der Waals surface area contributed by atoms with Crippen molar-refractivity contribution in [3.05, 3.63) is 81.3 Å². The molecule has 0 radical (unpaired) electrons. The number of rotatable bonds is 2. The Kier molecular flexibility index (Phi) is 5.04. The number of methoxy groups -OCH3 is 1. The minimum absolute atomic E-state index is 0.218. The summed E-state index contributed by atoms with van der Waals surface area (Å²) in [5, 5.41) is 7.19. The molecular weight excluding hydrogens is 420 g/mol. The molecule has 0 spiro atoms. The molecule has 7 heteroatoms. The Morgan fingerprint density at radius 1 is 1.12 bits per heavy atom. The lowest BCUT2D eigenvalue weighted by molar-refractivity contribution is -0.151. The van der Waals surface area contributed by atoms with Crippen molar-refractivity contribution in [2.45, 2.75) is 26.3 Å². The van der Waals surface area contributed by atoms with Gasteiger partial charge in [-0.05, 0) is 43.5 Å². The first-order valence-corrected chi connectivity index (χ1v) is 10.9. The van der Waals surface area contributed by atoms with Crippen LogP contribution in [0.4, 0.5) is 11.4 Å². The van der Waals surface area contributed by atoms with Crippen LogP contribution in [0.5, 0.6) is 0 Å². The van der Waals surface area contributed by atoms with Crippen molar-refractivity contribution in [2.24, 2.45) is 11.8 Å². The van der Waals surface area contributed by atoms with Crippen molar-refractivity contribution in [3.63, 3.8) is 0 Å². The second-order valence-electron chi connectivity index (χ2n) is 8.71. The Bertz CT molecular complexity index is 1390. The number of ketones is 1. The number of carbonyl (C=O) groups is 2. The molecule has 0 saturated heterocycles. The molecule has 1 aliphatic heterocycles. The number of ether oxygens (including phenoxy) is 1.